The minimum absolute atomic E-state index is 0.0769. The number of rotatable bonds is 6. The molecule has 1 atom stereocenters. The molecule has 0 aliphatic carbocycles. The predicted octanol–water partition coefficient (Wildman–Crippen LogP) is 0.889. The lowest BCUT2D eigenvalue weighted by atomic mass is 10.1. The van der Waals surface area contributed by atoms with E-state index in [1.165, 1.54) is 31.4 Å². The Hall–Kier alpha value is -3.68. The number of nitrogens with one attached hydrogen (secondary N) is 1. The number of aromatic hydroxyl groups is 1. The number of esters is 1. The average Bonchev–Trinajstić information content (AvgIpc) is 2.93. The molecule has 0 spiro atoms. The highest BCUT2D eigenvalue weighted by Crippen LogP contribution is 2.22. The first-order valence-electron chi connectivity index (χ1n) is 8.51. The van der Waals surface area contributed by atoms with Crippen LogP contribution in [0.5, 0.6) is 5.75 Å². The van der Waals surface area contributed by atoms with Gasteiger partial charge < -0.3 is 15.2 Å². The van der Waals surface area contributed by atoms with Crippen molar-refractivity contribution in [2.45, 2.75) is 12.5 Å². The minimum Gasteiger partial charge on any atom is -0.508 e. The van der Waals surface area contributed by atoms with E-state index in [0.717, 1.165) is 4.90 Å². The summed E-state index contributed by atoms with van der Waals surface area (Å²) < 4.78 is 4.72. The molecule has 0 radical (unpaired) electrons. The summed E-state index contributed by atoms with van der Waals surface area (Å²) in [7, 11) is 1.20. The number of phenolic OH excluding ortho intramolecular Hbond substituents is 1. The molecular formula is C20H18N2O6. The molecule has 0 saturated carbocycles. The molecule has 1 aliphatic rings. The summed E-state index contributed by atoms with van der Waals surface area (Å²) in [6.45, 7) is -0.505. The van der Waals surface area contributed by atoms with Crippen molar-refractivity contribution in [1.29, 1.82) is 0 Å². The maximum atomic E-state index is 12.4. The largest absolute Gasteiger partial charge is 0.508 e. The summed E-state index contributed by atoms with van der Waals surface area (Å²) in [4.78, 5) is 50.0. The van der Waals surface area contributed by atoms with Gasteiger partial charge in [-0.2, -0.15) is 0 Å². The molecule has 144 valence electrons. The summed E-state index contributed by atoms with van der Waals surface area (Å²) in [5.74, 6) is -2.35. The van der Waals surface area contributed by atoms with Crippen LogP contribution in [0.1, 0.15) is 26.3 Å². The van der Waals surface area contributed by atoms with Crippen molar-refractivity contribution in [1.82, 2.24) is 10.2 Å². The van der Waals surface area contributed by atoms with Crippen LogP contribution in [-0.2, 0) is 20.7 Å². The zero-order valence-electron chi connectivity index (χ0n) is 15.0. The van der Waals surface area contributed by atoms with Gasteiger partial charge in [0.25, 0.3) is 11.8 Å². The number of benzene rings is 2. The summed E-state index contributed by atoms with van der Waals surface area (Å²) in [5.41, 5.74) is 1.18. The molecule has 28 heavy (non-hydrogen) atoms. The molecule has 0 saturated heterocycles. The third-order valence-electron chi connectivity index (χ3n) is 4.38. The monoisotopic (exact) mass is 382 g/mol. The van der Waals surface area contributed by atoms with Crippen molar-refractivity contribution in [3.8, 4) is 5.75 Å². The normalized spacial score (nSPS) is 13.8. The number of amides is 3. The fraction of sp³-hybridized carbons (Fsp3) is 0.200. The highest BCUT2D eigenvalue weighted by atomic mass is 16.5. The van der Waals surface area contributed by atoms with E-state index in [1.807, 2.05) is 0 Å². The SMILES string of the molecule is COC(=O)[C@@H](Cc1ccc(O)cc1)NC(=O)CN1C(=O)c2ccccc2C1=O. The first-order chi connectivity index (χ1) is 13.4. The van der Waals surface area contributed by atoms with Gasteiger partial charge in [0.15, 0.2) is 0 Å². The van der Waals surface area contributed by atoms with Crippen molar-refractivity contribution in [2.24, 2.45) is 0 Å². The van der Waals surface area contributed by atoms with Crippen molar-refractivity contribution in [3.05, 3.63) is 65.2 Å². The number of carbonyl (C=O) groups is 4. The van der Waals surface area contributed by atoms with Crippen LogP contribution in [0.15, 0.2) is 48.5 Å². The first-order valence-corrected chi connectivity index (χ1v) is 8.51. The molecule has 0 aromatic heterocycles. The van der Waals surface area contributed by atoms with Crippen LogP contribution < -0.4 is 5.32 Å². The van der Waals surface area contributed by atoms with Crippen LogP contribution >= 0.6 is 0 Å². The molecule has 8 heteroatoms. The van der Waals surface area contributed by atoms with Gasteiger partial charge in [-0.25, -0.2) is 4.79 Å². The third kappa shape index (κ3) is 3.85. The third-order valence-corrected chi connectivity index (χ3v) is 4.38. The quantitative estimate of drug-likeness (QED) is 0.567. The van der Waals surface area contributed by atoms with E-state index in [9.17, 15) is 24.3 Å². The number of nitrogens with zero attached hydrogens (tertiary/aromatic N) is 1. The topological polar surface area (TPSA) is 113 Å². The lowest BCUT2D eigenvalue weighted by Gasteiger charge is -2.19. The van der Waals surface area contributed by atoms with E-state index >= 15 is 0 Å². The van der Waals surface area contributed by atoms with Gasteiger partial charge in [0, 0.05) is 6.42 Å². The highest BCUT2D eigenvalue weighted by Gasteiger charge is 2.36. The number of imide groups is 1. The van der Waals surface area contributed by atoms with Gasteiger partial charge in [0.05, 0.1) is 18.2 Å². The maximum Gasteiger partial charge on any atom is 0.328 e. The Labute approximate surface area is 160 Å². The summed E-state index contributed by atoms with van der Waals surface area (Å²) >= 11 is 0. The number of carbonyl (C=O) groups excluding carboxylic acids is 4. The van der Waals surface area contributed by atoms with Crippen LogP contribution in [-0.4, -0.2) is 53.4 Å². The van der Waals surface area contributed by atoms with Crippen LogP contribution in [0.2, 0.25) is 0 Å². The van der Waals surface area contributed by atoms with Gasteiger partial charge in [-0.15, -0.1) is 0 Å². The van der Waals surface area contributed by atoms with Crippen LogP contribution in [0.4, 0.5) is 0 Å². The average molecular weight is 382 g/mol. The Kier molecular flexibility index (Phi) is 5.39. The van der Waals surface area contributed by atoms with Gasteiger partial charge in [-0.1, -0.05) is 24.3 Å². The molecule has 0 unspecified atom stereocenters. The second kappa shape index (κ2) is 7.91. The fourth-order valence-corrected chi connectivity index (χ4v) is 2.97. The molecule has 1 heterocycles. The number of hydrogen-bond acceptors (Lipinski definition) is 6. The van der Waals surface area contributed by atoms with Gasteiger partial charge >= 0.3 is 5.97 Å². The Morgan fingerprint density at radius 3 is 2.14 bits per heavy atom. The number of hydrogen-bond donors (Lipinski definition) is 2. The van der Waals surface area contributed by atoms with Crippen LogP contribution in [0.3, 0.4) is 0 Å². The number of phenols is 1. The molecule has 3 amide bonds. The Balaban J connectivity index is 1.69. The van der Waals surface area contributed by atoms with E-state index in [2.05, 4.69) is 5.32 Å². The molecule has 2 aromatic rings. The van der Waals surface area contributed by atoms with Crippen molar-refractivity contribution >= 4 is 23.7 Å². The summed E-state index contributed by atoms with van der Waals surface area (Å²) in [6, 6.07) is 11.5. The van der Waals surface area contributed by atoms with E-state index in [1.54, 1.807) is 24.3 Å². The van der Waals surface area contributed by atoms with E-state index in [4.69, 9.17) is 4.74 Å². The Morgan fingerprint density at radius 1 is 1.04 bits per heavy atom. The second-order valence-electron chi connectivity index (χ2n) is 6.26. The summed E-state index contributed by atoms with van der Waals surface area (Å²) in [6.07, 6.45) is 0.126. The zero-order valence-corrected chi connectivity index (χ0v) is 15.0. The second-order valence-corrected chi connectivity index (χ2v) is 6.26. The number of ether oxygens (including phenoxy) is 1. The first kappa shape index (κ1) is 19.1. The summed E-state index contributed by atoms with van der Waals surface area (Å²) in [5, 5.41) is 11.8. The minimum atomic E-state index is -1.00. The zero-order chi connectivity index (χ0) is 20.3. The number of methoxy groups -OCH3 is 1. The van der Waals surface area contributed by atoms with E-state index in [-0.39, 0.29) is 23.3 Å². The molecule has 0 fully saturated rings. The molecular weight excluding hydrogens is 364 g/mol. The van der Waals surface area contributed by atoms with E-state index < -0.39 is 36.3 Å². The molecule has 2 N–H and O–H groups in total. The Bertz CT molecular complexity index is 903. The maximum absolute atomic E-state index is 12.4. The molecule has 1 aliphatic heterocycles. The molecule has 8 nitrogen and oxygen atoms in total. The lowest BCUT2D eigenvalue weighted by Crippen LogP contribution is -2.48. The van der Waals surface area contributed by atoms with Crippen LogP contribution in [0.25, 0.3) is 0 Å². The predicted molar refractivity (Wildman–Crippen MR) is 97.6 cm³/mol. The molecule has 3 rings (SSSR count). The van der Waals surface area contributed by atoms with E-state index in [0.29, 0.717) is 5.56 Å². The fourth-order valence-electron chi connectivity index (χ4n) is 2.97. The molecule has 2 aromatic carbocycles. The van der Waals surface area contributed by atoms with Crippen molar-refractivity contribution < 1.29 is 29.0 Å². The van der Waals surface area contributed by atoms with Gasteiger partial charge in [-0.05, 0) is 29.8 Å². The van der Waals surface area contributed by atoms with Crippen molar-refractivity contribution in [2.75, 3.05) is 13.7 Å². The van der Waals surface area contributed by atoms with Gasteiger partial charge in [0.2, 0.25) is 5.91 Å². The lowest BCUT2D eigenvalue weighted by molar-refractivity contribution is -0.145. The van der Waals surface area contributed by atoms with Gasteiger partial charge in [0.1, 0.15) is 18.3 Å². The highest BCUT2D eigenvalue weighted by molar-refractivity contribution is 6.22. The Morgan fingerprint density at radius 2 is 1.61 bits per heavy atom. The standard InChI is InChI=1S/C20H18N2O6/c1-28-20(27)16(10-12-6-8-13(23)9-7-12)21-17(24)11-22-18(25)14-4-2-3-5-15(14)19(22)26/h2-9,16,23H,10-11H2,1H3,(H,21,24)/t16-/m1/s1. The van der Waals surface area contributed by atoms with Crippen LogP contribution in [0, 0.1) is 0 Å². The van der Waals surface area contributed by atoms with Crippen molar-refractivity contribution in [3.63, 3.8) is 0 Å². The number of fused-ring (bicyclic) bond motifs is 1. The smallest absolute Gasteiger partial charge is 0.328 e. The van der Waals surface area contributed by atoms with Gasteiger partial charge in [-0.3, -0.25) is 19.3 Å². The molecule has 0 bridgehead atoms.